The van der Waals surface area contributed by atoms with E-state index in [0.717, 1.165) is 0 Å². The number of hydroxylamine groups is 2. The number of amides is 2. The average molecular weight is 386 g/mol. The van der Waals surface area contributed by atoms with Crippen molar-refractivity contribution in [2.24, 2.45) is 0 Å². The first-order valence-electron chi connectivity index (χ1n) is 7.79. The summed E-state index contributed by atoms with van der Waals surface area (Å²) in [7, 11) is 0. The third-order valence-electron chi connectivity index (χ3n) is 4.15. The van der Waals surface area contributed by atoms with E-state index < -0.39 is 41.6 Å². The van der Waals surface area contributed by atoms with E-state index in [-0.39, 0.29) is 49.0 Å². The van der Waals surface area contributed by atoms with Crippen LogP contribution in [0.4, 0.5) is 0 Å². The largest absolute Gasteiger partial charge is 1.00 e. The van der Waals surface area contributed by atoms with Crippen molar-refractivity contribution in [1.82, 2.24) is 10.4 Å². The number of esters is 1. The molecule has 2 aliphatic heterocycles. The molecule has 10 nitrogen and oxygen atoms in total. The van der Waals surface area contributed by atoms with Gasteiger partial charge in [-0.1, -0.05) is 30.3 Å². The molecule has 3 atom stereocenters. The summed E-state index contributed by atoms with van der Waals surface area (Å²) in [4.78, 5) is 52.4. The molecule has 138 valence electrons. The molecule has 1 unspecified atom stereocenters. The minimum Gasteiger partial charge on any atom is -0.544 e. The standard InChI is InChI=1S/C16H16N2O8.Na/c19-11-6-7-16(26-11,15(23)24)18-14(22)10(8-25-18)17-13(21)12(20)9-4-2-1-3-5-9;/h1-5,10,12,20H,6-8H2,(H,17,21)(H,23,24);/q;+1/p-1/t10-,12-,16?;/m0./s1. The third kappa shape index (κ3) is 3.99. The Bertz CT molecular complexity index is 758. The molecule has 2 N–H and O–H groups in total. The zero-order chi connectivity index (χ0) is 18.9. The van der Waals surface area contributed by atoms with Gasteiger partial charge in [-0.3, -0.25) is 19.2 Å². The van der Waals surface area contributed by atoms with Crippen LogP contribution >= 0.6 is 0 Å². The molecule has 2 heterocycles. The summed E-state index contributed by atoms with van der Waals surface area (Å²) in [5, 5.41) is 24.2. The number of nitrogens with one attached hydrogen (secondary N) is 1. The first-order valence-corrected chi connectivity index (χ1v) is 7.79. The monoisotopic (exact) mass is 386 g/mol. The number of ether oxygens (including phenoxy) is 1. The topological polar surface area (TPSA) is 145 Å². The molecule has 2 saturated heterocycles. The van der Waals surface area contributed by atoms with Crippen LogP contribution in [0, 0.1) is 0 Å². The van der Waals surface area contributed by atoms with Gasteiger partial charge in [0.15, 0.2) is 6.10 Å². The maximum absolute atomic E-state index is 12.4. The van der Waals surface area contributed by atoms with Gasteiger partial charge in [0.2, 0.25) is 0 Å². The van der Waals surface area contributed by atoms with Gasteiger partial charge in [0.05, 0.1) is 6.42 Å². The van der Waals surface area contributed by atoms with Gasteiger partial charge in [0, 0.05) is 6.42 Å². The molecule has 2 aliphatic rings. The van der Waals surface area contributed by atoms with Crippen LogP contribution < -0.4 is 40.0 Å². The predicted octanol–water partition coefficient (Wildman–Crippen LogP) is -5.23. The van der Waals surface area contributed by atoms with Gasteiger partial charge in [-0.15, -0.1) is 0 Å². The average Bonchev–Trinajstić information content (AvgIpc) is 3.19. The Balaban J connectivity index is 0.00000261. The molecular formula is C16H15N2NaO8. The number of hydrogen-bond donors (Lipinski definition) is 2. The van der Waals surface area contributed by atoms with Crippen molar-refractivity contribution in [2.45, 2.75) is 30.7 Å². The number of aliphatic carboxylic acids is 1. The molecular weight excluding hydrogens is 371 g/mol. The van der Waals surface area contributed by atoms with Gasteiger partial charge in [0.1, 0.15) is 18.6 Å². The van der Waals surface area contributed by atoms with Crippen molar-refractivity contribution >= 4 is 23.8 Å². The quantitative estimate of drug-likeness (QED) is 0.377. The fourth-order valence-corrected chi connectivity index (χ4v) is 2.78. The first-order chi connectivity index (χ1) is 12.3. The Morgan fingerprint density at radius 1 is 1.30 bits per heavy atom. The number of carboxylic acids is 1. The van der Waals surface area contributed by atoms with Crippen LogP contribution in [0.5, 0.6) is 0 Å². The van der Waals surface area contributed by atoms with Crippen molar-refractivity contribution in [3.05, 3.63) is 35.9 Å². The summed E-state index contributed by atoms with van der Waals surface area (Å²) in [5.41, 5.74) is -2.03. The van der Waals surface area contributed by atoms with E-state index in [0.29, 0.717) is 10.6 Å². The molecule has 2 fully saturated rings. The summed E-state index contributed by atoms with van der Waals surface area (Å²) in [5.74, 6) is -4.38. The van der Waals surface area contributed by atoms with Crippen molar-refractivity contribution < 1.29 is 68.5 Å². The number of carbonyl (C=O) groups excluding carboxylic acids is 4. The Labute approximate surface area is 175 Å². The second-order valence-electron chi connectivity index (χ2n) is 5.85. The van der Waals surface area contributed by atoms with Gasteiger partial charge in [-0.2, -0.15) is 5.06 Å². The number of hydrogen-bond acceptors (Lipinski definition) is 8. The van der Waals surface area contributed by atoms with E-state index in [1.165, 1.54) is 12.1 Å². The van der Waals surface area contributed by atoms with Gasteiger partial charge in [0.25, 0.3) is 17.5 Å². The summed E-state index contributed by atoms with van der Waals surface area (Å²) < 4.78 is 4.75. The van der Waals surface area contributed by atoms with Crippen LogP contribution in [-0.4, -0.2) is 52.3 Å². The number of aliphatic hydroxyl groups excluding tert-OH is 1. The van der Waals surface area contributed by atoms with E-state index >= 15 is 0 Å². The zero-order valence-electron chi connectivity index (χ0n) is 14.4. The van der Waals surface area contributed by atoms with Crippen LogP contribution in [0.15, 0.2) is 30.3 Å². The minimum absolute atomic E-state index is 0. The molecule has 1 aromatic carbocycles. The molecule has 0 saturated carbocycles. The number of carbonyl (C=O) groups is 4. The molecule has 0 aromatic heterocycles. The Morgan fingerprint density at radius 3 is 2.52 bits per heavy atom. The molecule has 11 heteroatoms. The first kappa shape index (κ1) is 21.3. The normalized spacial score (nSPS) is 25.5. The fraction of sp³-hybridized carbons (Fsp3) is 0.375. The van der Waals surface area contributed by atoms with E-state index in [1.54, 1.807) is 18.2 Å². The van der Waals surface area contributed by atoms with Crippen LogP contribution in [0.3, 0.4) is 0 Å². The maximum Gasteiger partial charge on any atom is 1.00 e. The number of aliphatic hydroxyl groups is 1. The summed E-state index contributed by atoms with van der Waals surface area (Å²) in [6.07, 6.45) is -2.06. The Hall–Kier alpha value is -1.98. The second-order valence-corrected chi connectivity index (χ2v) is 5.85. The van der Waals surface area contributed by atoms with Gasteiger partial charge in [-0.05, 0) is 5.56 Å². The van der Waals surface area contributed by atoms with Crippen molar-refractivity contribution in [2.75, 3.05) is 6.61 Å². The third-order valence-corrected chi connectivity index (χ3v) is 4.15. The Morgan fingerprint density at radius 2 is 1.96 bits per heavy atom. The SMILES string of the molecule is O=C1CCC(C(=O)[O-])(N2OC[C@H](NC(=O)[C@@H](O)c3ccccc3)C2=O)O1.[Na+]. The fourth-order valence-electron chi connectivity index (χ4n) is 2.78. The van der Waals surface area contributed by atoms with Crippen LogP contribution in [0.2, 0.25) is 0 Å². The molecule has 3 rings (SSSR count). The molecule has 0 bridgehead atoms. The van der Waals surface area contributed by atoms with Crippen molar-refractivity contribution in [1.29, 1.82) is 0 Å². The molecule has 0 radical (unpaired) electrons. The van der Waals surface area contributed by atoms with Crippen molar-refractivity contribution in [3.63, 3.8) is 0 Å². The minimum atomic E-state index is -2.36. The van der Waals surface area contributed by atoms with Crippen LogP contribution in [-0.2, 0) is 28.8 Å². The smallest absolute Gasteiger partial charge is 0.544 e. The summed E-state index contributed by atoms with van der Waals surface area (Å²) in [6.45, 7) is -0.376. The Kier molecular flexibility index (Phi) is 6.60. The predicted molar refractivity (Wildman–Crippen MR) is 79.2 cm³/mol. The van der Waals surface area contributed by atoms with Gasteiger partial charge < -0.3 is 25.1 Å². The van der Waals surface area contributed by atoms with Gasteiger partial charge >= 0.3 is 35.5 Å². The molecule has 2 amide bonds. The molecule has 1 aromatic rings. The number of benzene rings is 1. The van der Waals surface area contributed by atoms with E-state index in [9.17, 15) is 29.4 Å². The van der Waals surface area contributed by atoms with E-state index in [2.05, 4.69) is 5.32 Å². The van der Waals surface area contributed by atoms with Crippen LogP contribution in [0.25, 0.3) is 0 Å². The van der Waals surface area contributed by atoms with E-state index in [4.69, 9.17) is 9.57 Å². The molecule has 0 aliphatic carbocycles. The van der Waals surface area contributed by atoms with Crippen LogP contribution in [0.1, 0.15) is 24.5 Å². The summed E-state index contributed by atoms with van der Waals surface area (Å²) in [6, 6.07) is 6.81. The zero-order valence-corrected chi connectivity index (χ0v) is 16.4. The molecule has 27 heavy (non-hydrogen) atoms. The van der Waals surface area contributed by atoms with E-state index in [1.807, 2.05) is 0 Å². The number of carboxylic acid groups (broad SMARTS) is 1. The van der Waals surface area contributed by atoms with Gasteiger partial charge in [-0.25, -0.2) is 0 Å². The summed E-state index contributed by atoms with van der Waals surface area (Å²) >= 11 is 0. The second kappa shape index (κ2) is 8.36. The number of rotatable bonds is 5. The maximum atomic E-state index is 12.4. The molecule has 0 spiro atoms. The number of nitrogens with zero attached hydrogens (tertiary/aromatic N) is 1. The van der Waals surface area contributed by atoms with Crippen molar-refractivity contribution in [3.8, 4) is 0 Å². The number of cyclic esters (lactones) is 1.